The second-order valence-electron chi connectivity index (χ2n) is 8.50. The molecule has 1 spiro atoms. The topological polar surface area (TPSA) is 21.7 Å². The smallest absolute Gasteiger partial charge is 0.125 e. The molecule has 0 saturated carbocycles. The number of hydrogen-bond acceptors (Lipinski definition) is 3. The number of hydrogen-bond donors (Lipinski definition) is 0. The standard InChI is InChI=1S/C23H26FNO2/c1-16-2-9-22-17(10-16)3-4-18(22)12-25-14-23(15-25)11-21(13-26-23)27-20-7-5-19(24)6-8-20/h2,5-10,18,21H,3-4,11-15H2,1H3. The lowest BCUT2D eigenvalue weighted by Gasteiger charge is -2.48. The van der Waals surface area contributed by atoms with Crippen molar-refractivity contribution in [1.29, 1.82) is 0 Å². The van der Waals surface area contributed by atoms with Gasteiger partial charge in [-0.15, -0.1) is 0 Å². The van der Waals surface area contributed by atoms with Gasteiger partial charge < -0.3 is 9.47 Å². The molecule has 0 radical (unpaired) electrons. The third kappa shape index (κ3) is 3.37. The molecule has 2 fully saturated rings. The zero-order valence-corrected chi connectivity index (χ0v) is 15.8. The summed E-state index contributed by atoms with van der Waals surface area (Å²) < 4.78 is 25.1. The van der Waals surface area contributed by atoms with Gasteiger partial charge in [0.15, 0.2) is 0 Å². The maximum atomic E-state index is 13.0. The van der Waals surface area contributed by atoms with E-state index >= 15 is 0 Å². The van der Waals surface area contributed by atoms with Crippen molar-refractivity contribution in [3.05, 3.63) is 65.0 Å². The molecule has 0 bridgehead atoms. The van der Waals surface area contributed by atoms with Crippen LogP contribution in [-0.2, 0) is 11.2 Å². The Bertz CT molecular complexity index is 829. The van der Waals surface area contributed by atoms with Crippen molar-refractivity contribution >= 4 is 0 Å². The van der Waals surface area contributed by atoms with Crippen LogP contribution in [0.1, 0.15) is 35.4 Å². The van der Waals surface area contributed by atoms with Crippen LogP contribution in [0.5, 0.6) is 5.75 Å². The molecule has 2 aliphatic heterocycles. The number of fused-ring (bicyclic) bond motifs is 1. The summed E-state index contributed by atoms with van der Waals surface area (Å²) in [7, 11) is 0. The minimum Gasteiger partial charge on any atom is -0.488 e. The highest BCUT2D eigenvalue weighted by molar-refractivity contribution is 5.38. The molecule has 0 N–H and O–H groups in total. The summed E-state index contributed by atoms with van der Waals surface area (Å²) in [5, 5.41) is 0. The van der Waals surface area contributed by atoms with Crippen molar-refractivity contribution in [1.82, 2.24) is 4.90 Å². The van der Waals surface area contributed by atoms with E-state index < -0.39 is 0 Å². The van der Waals surface area contributed by atoms with E-state index in [-0.39, 0.29) is 17.5 Å². The van der Waals surface area contributed by atoms with Crippen LogP contribution in [0.15, 0.2) is 42.5 Å². The number of aryl methyl sites for hydroxylation is 2. The third-order valence-corrected chi connectivity index (χ3v) is 6.29. The molecule has 0 aromatic heterocycles. The fourth-order valence-electron chi connectivity index (χ4n) is 5.04. The highest BCUT2D eigenvalue weighted by atomic mass is 19.1. The van der Waals surface area contributed by atoms with Crippen molar-refractivity contribution in [3.8, 4) is 5.75 Å². The fraction of sp³-hybridized carbons (Fsp3) is 0.478. The minimum absolute atomic E-state index is 0.0423. The Morgan fingerprint density at radius 2 is 2.00 bits per heavy atom. The van der Waals surface area contributed by atoms with E-state index in [1.807, 2.05) is 0 Å². The molecule has 5 rings (SSSR count). The first-order valence-corrected chi connectivity index (χ1v) is 9.97. The average Bonchev–Trinajstić information content (AvgIpc) is 3.21. The molecule has 2 heterocycles. The van der Waals surface area contributed by atoms with Gasteiger partial charge in [0.05, 0.1) is 12.2 Å². The van der Waals surface area contributed by atoms with E-state index in [1.165, 1.54) is 30.5 Å². The summed E-state index contributed by atoms with van der Waals surface area (Å²) in [6.07, 6.45) is 3.46. The Kier molecular flexibility index (Phi) is 4.21. The number of ether oxygens (including phenoxy) is 2. The van der Waals surface area contributed by atoms with Crippen LogP contribution >= 0.6 is 0 Å². The average molecular weight is 367 g/mol. The highest BCUT2D eigenvalue weighted by Gasteiger charge is 2.50. The Balaban J connectivity index is 1.14. The molecule has 2 unspecified atom stereocenters. The zero-order valence-electron chi connectivity index (χ0n) is 15.8. The van der Waals surface area contributed by atoms with Gasteiger partial charge in [0.2, 0.25) is 0 Å². The quantitative estimate of drug-likeness (QED) is 0.813. The predicted molar refractivity (Wildman–Crippen MR) is 103 cm³/mol. The number of nitrogens with zero attached hydrogens (tertiary/aromatic N) is 1. The molecule has 2 aromatic carbocycles. The van der Waals surface area contributed by atoms with Crippen LogP contribution in [0.4, 0.5) is 4.39 Å². The van der Waals surface area contributed by atoms with E-state index in [0.717, 1.165) is 31.8 Å². The van der Waals surface area contributed by atoms with E-state index in [9.17, 15) is 4.39 Å². The number of likely N-dealkylation sites (tertiary alicyclic amines) is 1. The molecule has 2 atom stereocenters. The van der Waals surface area contributed by atoms with E-state index in [1.54, 1.807) is 23.3 Å². The van der Waals surface area contributed by atoms with Gasteiger partial charge in [-0.2, -0.15) is 0 Å². The molecule has 2 aromatic rings. The number of rotatable bonds is 4. The van der Waals surface area contributed by atoms with Gasteiger partial charge in [-0.3, -0.25) is 4.90 Å². The monoisotopic (exact) mass is 367 g/mol. The van der Waals surface area contributed by atoms with Crippen LogP contribution in [0, 0.1) is 12.7 Å². The molecule has 4 heteroatoms. The van der Waals surface area contributed by atoms with Crippen LogP contribution in [-0.4, -0.2) is 42.8 Å². The molecule has 0 amide bonds. The molecular weight excluding hydrogens is 341 g/mol. The Labute approximate surface area is 160 Å². The lowest BCUT2D eigenvalue weighted by atomic mass is 9.88. The first kappa shape index (κ1) is 17.2. The summed E-state index contributed by atoms with van der Waals surface area (Å²) in [6, 6.07) is 13.2. The van der Waals surface area contributed by atoms with Crippen molar-refractivity contribution < 1.29 is 13.9 Å². The van der Waals surface area contributed by atoms with Crippen molar-refractivity contribution in [2.24, 2.45) is 0 Å². The lowest BCUT2D eigenvalue weighted by molar-refractivity contribution is -0.112. The van der Waals surface area contributed by atoms with Crippen LogP contribution in [0.25, 0.3) is 0 Å². The molecule has 2 saturated heterocycles. The second-order valence-corrected chi connectivity index (χ2v) is 8.50. The molecule has 27 heavy (non-hydrogen) atoms. The van der Waals surface area contributed by atoms with Crippen LogP contribution in [0.3, 0.4) is 0 Å². The molecular formula is C23H26FNO2. The van der Waals surface area contributed by atoms with E-state index in [0.29, 0.717) is 12.5 Å². The van der Waals surface area contributed by atoms with Gasteiger partial charge in [0, 0.05) is 26.1 Å². The van der Waals surface area contributed by atoms with E-state index in [2.05, 4.69) is 30.0 Å². The van der Waals surface area contributed by atoms with Gasteiger partial charge >= 0.3 is 0 Å². The SMILES string of the molecule is Cc1ccc2c(c1)CCC2CN1CC2(CC(Oc3ccc(F)cc3)CO2)C1. The molecule has 1 aliphatic carbocycles. The summed E-state index contributed by atoms with van der Waals surface area (Å²) in [5.74, 6) is 1.14. The van der Waals surface area contributed by atoms with Crippen LogP contribution in [0.2, 0.25) is 0 Å². The first-order valence-electron chi connectivity index (χ1n) is 9.97. The second kappa shape index (κ2) is 6.61. The summed E-state index contributed by atoms with van der Waals surface area (Å²) in [6.45, 7) is 5.91. The maximum Gasteiger partial charge on any atom is 0.125 e. The Morgan fingerprint density at radius 1 is 1.19 bits per heavy atom. The fourth-order valence-corrected chi connectivity index (χ4v) is 5.04. The van der Waals surface area contributed by atoms with Gasteiger partial charge in [0.1, 0.15) is 17.7 Å². The van der Waals surface area contributed by atoms with E-state index in [4.69, 9.17) is 9.47 Å². The molecule has 142 valence electrons. The largest absolute Gasteiger partial charge is 0.488 e. The summed E-state index contributed by atoms with van der Waals surface area (Å²) >= 11 is 0. The first-order chi connectivity index (χ1) is 13.1. The lowest BCUT2D eigenvalue weighted by Crippen LogP contribution is -2.62. The summed E-state index contributed by atoms with van der Waals surface area (Å²) in [4.78, 5) is 2.53. The number of halogens is 1. The molecule has 3 aliphatic rings. The Hall–Kier alpha value is -1.91. The predicted octanol–water partition coefficient (Wildman–Crippen LogP) is 4.09. The van der Waals surface area contributed by atoms with Crippen molar-refractivity contribution in [2.75, 3.05) is 26.2 Å². The number of benzene rings is 2. The van der Waals surface area contributed by atoms with Crippen molar-refractivity contribution in [2.45, 2.75) is 43.8 Å². The highest BCUT2D eigenvalue weighted by Crippen LogP contribution is 2.40. The van der Waals surface area contributed by atoms with Gasteiger partial charge in [-0.05, 0) is 61.1 Å². The van der Waals surface area contributed by atoms with Crippen LogP contribution < -0.4 is 4.74 Å². The van der Waals surface area contributed by atoms with Gasteiger partial charge in [0.25, 0.3) is 0 Å². The van der Waals surface area contributed by atoms with Gasteiger partial charge in [-0.25, -0.2) is 4.39 Å². The Morgan fingerprint density at radius 3 is 2.81 bits per heavy atom. The zero-order chi connectivity index (χ0) is 18.4. The van der Waals surface area contributed by atoms with Gasteiger partial charge in [-0.1, -0.05) is 23.8 Å². The molecule has 3 nitrogen and oxygen atoms in total. The maximum absolute atomic E-state index is 13.0. The third-order valence-electron chi connectivity index (χ3n) is 6.29. The van der Waals surface area contributed by atoms with Crippen molar-refractivity contribution in [3.63, 3.8) is 0 Å². The summed E-state index contributed by atoms with van der Waals surface area (Å²) in [5.41, 5.74) is 4.41. The normalized spacial score (nSPS) is 26.1. The minimum atomic E-state index is -0.236.